The van der Waals surface area contributed by atoms with Gasteiger partial charge in [-0.25, -0.2) is 4.98 Å². The van der Waals surface area contributed by atoms with Gasteiger partial charge in [0.15, 0.2) is 5.96 Å². The Morgan fingerprint density at radius 1 is 1.36 bits per heavy atom. The van der Waals surface area contributed by atoms with Crippen molar-refractivity contribution < 1.29 is 0 Å². The highest BCUT2D eigenvalue weighted by Crippen LogP contribution is 2.24. The highest BCUT2D eigenvalue weighted by molar-refractivity contribution is 7.09. The Hall–Kier alpha value is -1.24. The minimum Gasteiger partial charge on any atom is -0.351 e. The van der Waals surface area contributed by atoms with Gasteiger partial charge in [-0.2, -0.15) is 0 Å². The molecule has 0 unspecified atom stereocenters. The van der Waals surface area contributed by atoms with E-state index in [-0.39, 0.29) is 0 Å². The number of halogens is 2. The molecule has 2 heterocycles. The molecule has 0 saturated carbocycles. The third kappa shape index (κ3) is 4.15. The van der Waals surface area contributed by atoms with Crippen LogP contribution in [0.4, 0.5) is 0 Å². The van der Waals surface area contributed by atoms with Crippen LogP contribution in [-0.4, -0.2) is 22.6 Å². The van der Waals surface area contributed by atoms with E-state index >= 15 is 0 Å². The summed E-state index contributed by atoms with van der Waals surface area (Å²) in [5.74, 6) is 0.708. The molecule has 0 saturated heterocycles. The molecular formula is C14H19Cl2N5S. The lowest BCUT2D eigenvalue weighted by Crippen LogP contribution is -2.36. The summed E-state index contributed by atoms with van der Waals surface area (Å²) >= 11 is 13.7. The lowest BCUT2D eigenvalue weighted by Gasteiger charge is -2.11. The standard InChI is InChI=1S/C14H19Cl2N5S/c1-4-12-20-9(8-22-12)6-18-14(17-2)19-7-10-5-11(15)13(16)21(10)3/h5,8H,4,6-7H2,1-3H3,(H2,17,18,19). The molecular weight excluding hydrogens is 341 g/mol. The first-order chi connectivity index (χ1) is 10.5. The Labute approximate surface area is 144 Å². The summed E-state index contributed by atoms with van der Waals surface area (Å²) in [7, 11) is 3.61. The molecule has 0 aliphatic rings. The van der Waals surface area contributed by atoms with Gasteiger partial charge in [-0.1, -0.05) is 30.1 Å². The molecule has 120 valence electrons. The quantitative estimate of drug-likeness (QED) is 0.636. The molecule has 8 heteroatoms. The molecule has 22 heavy (non-hydrogen) atoms. The van der Waals surface area contributed by atoms with Gasteiger partial charge in [-0.3, -0.25) is 4.99 Å². The monoisotopic (exact) mass is 359 g/mol. The Morgan fingerprint density at radius 2 is 2.09 bits per heavy atom. The fourth-order valence-corrected chi connectivity index (χ4v) is 3.08. The number of nitrogens with zero attached hydrogens (tertiary/aromatic N) is 3. The zero-order valence-corrected chi connectivity index (χ0v) is 15.1. The second kappa shape index (κ2) is 7.85. The van der Waals surface area contributed by atoms with Gasteiger partial charge in [-0.15, -0.1) is 11.3 Å². The van der Waals surface area contributed by atoms with E-state index in [1.807, 2.05) is 17.7 Å². The number of nitrogens with one attached hydrogen (secondary N) is 2. The van der Waals surface area contributed by atoms with Gasteiger partial charge in [0.2, 0.25) is 0 Å². The summed E-state index contributed by atoms with van der Waals surface area (Å²) in [6.07, 6.45) is 0.965. The fourth-order valence-electron chi connectivity index (χ4n) is 1.92. The summed E-state index contributed by atoms with van der Waals surface area (Å²) in [6.45, 7) is 3.33. The predicted octanol–water partition coefficient (Wildman–Crippen LogP) is 3.22. The Morgan fingerprint density at radius 3 is 2.64 bits per heavy atom. The van der Waals surface area contributed by atoms with Crippen LogP contribution in [0.3, 0.4) is 0 Å². The molecule has 2 N–H and O–H groups in total. The molecule has 0 bridgehead atoms. The van der Waals surface area contributed by atoms with Gasteiger partial charge in [0.05, 0.1) is 28.8 Å². The van der Waals surface area contributed by atoms with Crippen LogP contribution in [0.5, 0.6) is 0 Å². The van der Waals surface area contributed by atoms with Crippen molar-refractivity contribution in [2.45, 2.75) is 26.4 Å². The maximum absolute atomic E-state index is 6.06. The Balaban J connectivity index is 1.88. The SMILES string of the molecule is CCc1nc(CNC(=NC)NCc2cc(Cl)c(Cl)n2C)cs1. The topological polar surface area (TPSA) is 54.2 Å². The molecule has 2 aromatic heterocycles. The van der Waals surface area contributed by atoms with E-state index in [0.717, 1.165) is 22.8 Å². The Bertz CT molecular complexity index is 662. The van der Waals surface area contributed by atoms with Crippen molar-refractivity contribution in [3.63, 3.8) is 0 Å². The van der Waals surface area contributed by atoms with Crippen LogP contribution in [0.2, 0.25) is 10.2 Å². The van der Waals surface area contributed by atoms with Gasteiger partial charge < -0.3 is 15.2 Å². The minimum atomic E-state index is 0.538. The smallest absolute Gasteiger partial charge is 0.191 e. The molecule has 0 fully saturated rings. The maximum Gasteiger partial charge on any atom is 0.191 e. The first kappa shape index (κ1) is 17.1. The van der Waals surface area contributed by atoms with E-state index in [0.29, 0.717) is 29.2 Å². The zero-order chi connectivity index (χ0) is 16.1. The number of aryl methyl sites for hydroxylation is 1. The van der Waals surface area contributed by atoms with Crippen molar-refractivity contribution in [1.82, 2.24) is 20.2 Å². The van der Waals surface area contributed by atoms with E-state index in [1.165, 1.54) is 0 Å². The highest BCUT2D eigenvalue weighted by atomic mass is 35.5. The van der Waals surface area contributed by atoms with Crippen molar-refractivity contribution in [2.75, 3.05) is 7.05 Å². The molecule has 2 aromatic rings. The molecule has 0 aliphatic heterocycles. The van der Waals surface area contributed by atoms with Crippen LogP contribution >= 0.6 is 34.5 Å². The molecule has 5 nitrogen and oxygen atoms in total. The largest absolute Gasteiger partial charge is 0.351 e. The van der Waals surface area contributed by atoms with E-state index in [9.17, 15) is 0 Å². The normalized spacial score (nSPS) is 11.8. The van der Waals surface area contributed by atoms with E-state index in [4.69, 9.17) is 23.2 Å². The molecule has 0 aliphatic carbocycles. The predicted molar refractivity (Wildman–Crippen MR) is 94.0 cm³/mol. The molecule has 0 aromatic carbocycles. The van der Waals surface area contributed by atoms with Crippen LogP contribution in [-0.2, 0) is 26.6 Å². The maximum atomic E-state index is 6.06. The summed E-state index contributed by atoms with van der Waals surface area (Å²) in [5.41, 5.74) is 2.01. The zero-order valence-electron chi connectivity index (χ0n) is 12.8. The number of aliphatic imine (C=N–C) groups is 1. The first-order valence-electron chi connectivity index (χ1n) is 6.92. The van der Waals surface area contributed by atoms with Gasteiger partial charge in [0.1, 0.15) is 5.15 Å². The third-order valence-corrected chi connectivity index (χ3v) is 5.10. The molecule has 0 radical (unpaired) electrons. The van der Waals surface area contributed by atoms with Crippen LogP contribution < -0.4 is 10.6 Å². The van der Waals surface area contributed by atoms with Crippen LogP contribution in [0.1, 0.15) is 23.3 Å². The summed E-state index contributed by atoms with van der Waals surface area (Å²) < 4.78 is 1.85. The number of thiazole rings is 1. The van der Waals surface area contributed by atoms with E-state index in [2.05, 4.69) is 32.9 Å². The molecule has 0 amide bonds. The Kier molecular flexibility index (Phi) is 6.11. The average molecular weight is 360 g/mol. The highest BCUT2D eigenvalue weighted by Gasteiger charge is 2.09. The lowest BCUT2D eigenvalue weighted by atomic mass is 10.4. The van der Waals surface area contributed by atoms with Crippen molar-refractivity contribution >= 4 is 40.5 Å². The second-order valence-corrected chi connectivity index (χ2v) is 6.41. The first-order valence-corrected chi connectivity index (χ1v) is 8.56. The second-order valence-electron chi connectivity index (χ2n) is 4.70. The molecule has 2 rings (SSSR count). The van der Waals surface area contributed by atoms with Crippen LogP contribution in [0, 0.1) is 0 Å². The number of aromatic nitrogens is 2. The molecule has 0 atom stereocenters. The van der Waals surface area contributed by atoms with Gasteiger partial charge in [0.25, 0.3) is 0 Å². The minimum absolute atomic E-state index is 0.538. The number of hydrogen-bond donors (Lipinski definition) is 2. The van der Waals surface area contributed by atoms with Crippen molar-refractivity contribution in [1.29, 1.82) is 0 Å². The van der Waals surface area contributed by atoms with Gasteiger partial charge in [-0.05, 0) is 12.5 Å². The average Bonchev–Trinajstić information content (AvgIpc) is 3.08. The summed E-state index contributed by atoms with van der Waals surface area (Å²) in [4.78, 5) is 8.72. The van der Waals surface area contributed by atoms with Crippen molar-refractivity contribution in [3.8, 4) is 0 Å². The van der Waals surface area contributed by atoms with E-state index < -0.39 is 0 Å². The summed E-state index contributed by atoms with van der Waals surface area (Å²) in [5, 5.41) is 10.8. The lowest BCUT2D eigenvalue weighted by molar-refractivity contribution is 0.746. The summed E-state index contributed by atoms with van der Waals surface area (Å²) in [6, 6.07) is 1.85. The van der Waals surface area contributed by atoms with Crippen LogP contribution in [0.25, 0.3) is 0 Å². The van der Waals surface area contributed by atoms with Crippen molar-refractivity contribution in [2.24, 2.45) is 12.0 Å². The van der Waals surface area contributed by atoms with Gasteiger partial charge >= 0.3 is 0 Å². The van der Waals surface area contributed by atoms with Crippen LogP contribution in [0.15, 0.2) is 16.4 Å². The third-order valence-electron chi connectivity index (χ3n) is 3.21. The fraction of sp³-hybridized carbons (Fsp3) is 0.429. The van der Waals surface area contributed by atoms with Crippen molar-refractivity contribution in [3.05, 3.63) is 38.0 Å². The van der Waals surface area contributed by atoms with Gasteiger partial charge in [0, 0.05) is 25.2 Å². The molecule has 0 spiro atoms. The van der Waals surface area contributed by atoms with E-state index in [1.54, 1.807) is 18.4 Å². The number of hydrogen-bond acceptors (Lipinski definition) is 3. The number of rotatable bonds is 5. The number of guanidine groups is 1.